The molecule has 1 fully saturated rings. The molecule has 59 heavy (non-hydrogen) atoms. The Balaban J connectivity index is 1.29. The maximum Gasteiger partial charge on any atom is 0.352 e. The average Bonchev–Trinajstić information content (AvgIpc) is 3.80. The van der Waals surface area contributed by atoms with Crippen LogP contribution < -0.4 is 9.64 Å². The van der Waals surface area contributed by atoms with E-state index in [1.165, 1.54) is 5.56 Å². The van der Waals surface area contributed by atoms with Gasteiger partial charge in [0.05, 0.1) is 47.3 Å². The van der Waals surface area contributed by atoms with Crippen LogP contribution in [0.4, 0.5) is 5.69 Å². The van der Waals surface area contributed by atoms with Gasteiger partial charge in [-0.25, -0.2) is 4.79 Å². The van der Waals surface area contributed by atoms with Crippen LogP contribution in [-0.2, 0) is 29.5 Å². The number of benzene rings is 3. The van der Waals surface area contributed by atoms with Crippen LogP contribution in [0.25, 0.3) is 32.9 Å². The van der Waals surface area contributed by atoms with Gasteiger partial charge >= 0.3 is 5.97 Å². The molecule has 3 aromatic heterocycles. The molecule has 0 spiro atoms. The summed E-state index contributed by atoms with van der Waals surface area (Å²) in [4.78, 5) is 30.0. The van der Waals surface area contributed by atoms with Crippen molar-refractivity contribution in [3.05, 3.63) is 97.5 Å². The largest absolute Gasteiger partial charge is 0.494 e. The second-order valence-corrected chi connectivity index (χ2v) is 16.8. The predicted molar refractivity (Wildman–Crippen MR) is 237 cm³/mol. The summed E-state index contributed by atoms with van der Waals surface area (Å²) in [7, 11) is 1.94. The minimum Gasteiger partial charge on any atom is -0.494 e. The molecule has 312 valence electrons. The summed E-state index contributed by atoms with van der Waals surface area (Å²) in [6.45, 7) is 19.1. The first kappa shape index (κ1) is 42.3. The molecule has 0 radical (unpaired) electrons. The Hall–Kier alpha value is -4.81. The third kappa shape index (κ3) is 8.22. The number of rotatable bonds is 15. The summed E-state index contributed by atoms with van der Waals surface area (Å²) >= 11 is 13.6. The van der Waals surface area contributed by atoms with Gasteiger partial charge in [-0.2, -0.15) is 5.10 Å². The lowest BCUT2D eigenvalue weighted by molar-refractivity contribution is -0.107. The van der Waals surface area contributed by atoms with Crippen LogP contribution in [0, 0.1) is 41.5 Å². The normalized spacial score (nSPS) is 14.1. The minimum atomic E-state index is -1.01. The van der Waals surface area contributed by atoms with E-state index in [4.69, 9.17) is 37.8 Å². The zero-order valence-electron chi connectivity index (χ0n) is 35.3. The monoisotopic (exact) mass is 840 g/mol. The number of anilines is 1. The van der Waals surface area contributed by atoms with Gasteiger partial charge in [0.2, 0.25) is 6.41 Å². The van der Waals surface area contributed by atoms with Crippen LogP contribution in [-0.4, -0.2) is 87.3 Å². The van der Waals surface area contributed by atoms with Crippen molar-refractivity contribution in [2.45, 2.75) is 73.9 Å². The van der Waals surface area contributed by atoms with Crippen molar-refractivity contribution in [2.24, 2.45) is 7.05 Å². The van der Waals surface area contributed by atoms with Crippen molar-refractivity contribution < 1.29 is 24.2 Å². The zero-order valence-corrected chi connectivity index (χ0v) is 36.8. The number of carboxylic acids is 1. The Bertz CT molecular complexity index is 2540. The molecule has 0 aliphatic carbocycles. The van der Waals surface area contributed by atoms with Gasteiger partial charge in [-0.15, -0.1) is 0 Å². The number of nitrogens with zero attached hydrogens (tertiary/aromatic N) is 6. The molecule has 1 saturated heterocycles. The van der Waals surface area contributed by atoms with Gasteiger partial charge in [0.25, 0.3) is 0 Å². The van der Waals surface area contributed by atoms with E-state index in [1.54, 1.807) is 11.0 Å². The fourth-order valence-corrected chi connectivity index (χ4v) is 9.39. The molecule has 4 heterocycles. The summed E-state index contributed by atoms with van der Waals surface area (Å²) in [5, 5.41) is 18.4. The third-order valence-electron chi connectivity index (χ3n) is 11.9. The number of ether oxygens (including phenoxy) is 2. The van der Waals surface area contributed by atoms with E-state index < -0.39 is 5.97 Å². The van der Waals surface area contributed by atoms with Crippen molar-refractivity contribution in [2.75, 3.05) is 50.9 Å². The van der Waals surface area contributed by atoms with Gasteiger partial charge < -0.3 is 28.6 Å². The number of carbonyl (C=O) groups excluding carboxylic acids is 1. The number of carbonyl (C=O) groups is 2. The van der Waals surface area contributed by atoms with E-state index in [2.05, 4.69) is 36.3 Å². The molecule has 11 nitrogen and oxygen atoms in total. The van der Waals surface area contributed by atoms with Crippen molar-refractivity contribution in [1.82, 2.24) is 23.8 Å². The Morgan fingerprint density at radius 2 is 1.68 bits per heavy atom. The molecule has 6 aromatic rings. The van der Waals surface area contributed by atoms with Gasteiger partial charge in [-0.3, -0.25) is 14.4 Å². The van der Waals surface area contributed by atoms with Crippen LogP contribution in [0.15, 0.2) is 42.5 Å². The summed E-state index contributed by atoms with van der Waals surface area (Å²) < 4.78 is 17.9. The topological polar surface area (TPSA) is 107 Å². The Kier molecular flexibility index (Phi) is 12.5. The molecule has 0 unspecified atom stereocenters. The SMILES string of the molecule is Cc1cc(N(C=O)C[C@@H](C)n2c(C)c(CCCOc3cc(C)c(Cl)c(C)c3)c3ccc(Cl)c(-c4c(C)nn(C)c4C)c32)c2c(c1)cc(C(=O)O)n2CCN1CCOCC1. The molecule has 3 aromatic carbocycles. The van der Waals surface area contributed by atoms with E-state index >= 15 is 0 Å². The molecule has 1 atom stereocenters. The van der Waals surface area contributed by atoms with Gasteiger partial charge in [-0.1, -0.05) is 29.3 Å². The van der Waals surface area contributed by atoms with Crippen molar-refractivity contribution in [3.8, 4) is 16.9 Å². The molecule has 0 saturated carbocycles. The number of morpholine rings is 1. The summed E-state index contributed by atoms with van der Waals surface area (Å²) in [5.74, 6) is -0.204. The Labute approximate surface area is 356 Å². The lowest BCUT2D eigenvalue weighted by Crippen LogP contribution is -2.38. The van der Waals surface area contributed by atoms with Crippen molar-refractivity contribution in [1.29, 1.82) is 0 Å². The van der Waals surface area contributed by atoms with Crippen LogP contribution in [0.5, 0.6) is 5.75 Å². The highest BCUT2D eigenvalue weighted by molar-refractivity contribution is 6.35. The first-order valence-corrected chi connectivity index (χ1v) is 21.1. The number of amides is 1. The van der Waals surface area contributed by atoms with Crippen LogP contribution in [0.2, 0.25) is 10.0 Å². The Morgan fingerprint density at radius 3 is 2.32 bits per heavy atom. The van der Waals surface area contributed by atoms with Crippen molar-refractivity contribution >= 4 is 63.1 Å². The fourth-order valence-electron chi connectivity index (χ4n) is 9.03. The van der Waals surface area contributed by atoms with E-state index in [-0.39, 0.29) is 11.7 Å². The van der Waals surface area contributed by atoms with Gasteiger partial charge in [-0.05, 0) is 120 Å². The first-order valence-electron chi connectivity index (χ1n) is 20.3. The van der Waals surface area contributed by atoms with E-state index in [9.17, 15) is 14.7 Å². The molecule has 7 rings (SSSR count). The molecule has 1 aliphatic heterocycles. The van der Waals surface area contributed by atoms with Crippen molar-refractivity contribution in [3.63, 3.8) is 0 Å². The highest BCUT2D eigenvalue weighted by Crippen LogP contribution is 2.43. The van der Waals surface area contributed by atoms with Crippen LogP contribution in [0.3, 0.4) is 0 Å². The lowest BCUT2D eigenvalue weighted by atomic mass is 9.98. The summed E-state index contributed by atoms with van der Waals surface area (Å²) in [6, 6.07) is 13.5. The second kappa shape index (κ2) is 17.4. The minimum absolute atomic E-state index is 0.197. The molecule has 1 N–H and O–H groups in total. The first-order chi connectivity index (χ1) is 28.2. The van der Waals surface area contributed by atoms with Crippen LogP contribution >= 0.6 is 23.2 Å². The van der Waals surface area contributed by atoms with Gasteiger partial charge in [0.1, 0.15) is 11.4 Å². The second-order valence-electron chi connectivity index (χ2n) is 16.0. The van der Waals surface area contributed by atoms with E-state index in [0.717, 1.165) is 110 Å². The standard InChI is InChI=1S/C46H54Cl2N6O5/c1-27-20-34-24-40(46(56)57)53(14-13-51-15-18-58-19-16-51)44(34)39(21-27)52(26-55)25-30(4)54-32(6)36(10-9-17-59-35-22-28(2)43(48)29(3)23-35)37-11-12-38(47)42(45(37)54)41-31(5)49-50(8)33(41)7/h11-12,20-24,26,30H,9-10,13-19,25H2,1-8H3,(H,56,57)/t30-/m1/s1. The summed E-state index contributed by atoms with van der Waals surface area (Å²) in [6.07, 6.45) is 2.39. The average molecular weight is 842 g/mol. The molecule has 1 amide bonds. The van der Waals surface area contributed by atoms with E-state index in [0.29, 0.717) is 50.2 Å². The molecular formula is C46H54Cl2N6O5. The summed E-state index contributed by atoms with van der Waals surface area (Å²) in [5.41, 5.74) is 11.5. The number of aryl methyl sites for hydroxylation is 6. The maximum atomic E-state index is 13.3. The third-order valence-corrected chi connectivity index (χ3v) is 12.8. The lowest BCUT2D eigenvalue weighted by Gasteiger charge is -2.28. The zero-order chi connectivity index (χ0) is 42.3. The number of carboxylic acid groups (broad SMARTS) is 1. The highest BCUT2D eigenvalue weighted by Gasteiger charge is 2.28. The quantitative estimate of drug-likeness (QED) is 0.0812. The fraction of sp³-hybridized carbons (Fsp3) is 0.413. The number of hydrogen-bond donors (Lipinski definition) is 1. The van der Waals surface area contributed by atoms with Crippen LogP contribution in [0.1, 0.15) is 69.2 Å². The van der Waals surface area contributed by atoms with E-state index in [1.807, 2.05) is 74.3 Å². The highest BCUT2D eigenvalue weighted by atomic mass is 35.5. The molecule has 13 heteroatoms. The number of aromatic nitrogens is 4. The smallest absolute Gasteiger partial charge is 0.352 e. The molecule has 1 aliphatic rings. The Morgan fingerprint density at radius 1 is 0.966 bits per heavy atom. The number of hydrogen-bond acceptors (Lipinski definition) is 6. The molecule has 0 bridgehead atoms. The number of aromatic carboxylic acids is 1. The van der Waals surface area contributed by atoms with Gasteiger partial charge in [0, 0.05) is 84.1 Å². The maximum absolute atomic E-state index is 13.3. The predicted octanol–water partition coefficient (Wildman–Crippen LogP) is 9.42. The number of fused-ring (bicyclic) bond motifs is 2. The number of halogens is 2. The van der Waals surface area contributed by atoms with Gasteiger partial charge in [0.15, 0.2) is 0 Å². The molecular weight excluding hydrogens is 787 g/mol.